The maximum atomic E-state index is 8.41. The monoisotopic (exact) mass is 760 g/mol. The minimum absolute atomic E-state index is 0. The van der Waals surface area contributed by atoms with Gasteiger partial charge in [0.25, 0.3) is 0 Å². The number of rotatable bonds is 3. The van der Waals surface area contributed by atoms with Gasteiger partial charge in [-0.3, -0.25) is 0 Å². The van der Waals surface area contributed by atoms with E-state index in [0.717, 1.165) is 27.9 Å². The molecule has 0 amide bonds. The maximum absolute atomic E-state index is 8.41. The number of hydrogen-bond donors (Lipinski definition) is 0. The van der Waals surface area contributed by atoms with E-state index in [4.69, 9.17) is 9.60 Å². The van der Waals surface area contributed by atoms with Crippen LogP contribution in [0.4, 0.5) is 0 Å². The number of aryl methyl sites for hydroxylation is 2. The maximum Gasteiger partial charge on any atom is 0.0346 e. The molecule has 4 heteroatoms. The van der Waals surface area contributed by atoms with Gasteiger partial charge in [0.1, 0.15) is 0 Å². The minimum Gasteiger partial charge on any atom is -0.305 e. The molecule has 4 aromatic carbocycles. The van der Waals surface area contributed by atoms with Gasteiger partial charge >= 0.3 is 0 Å². The summed E-state index contributed by atoms with van der Waals surface area (Å²) in [6, 6.07) is 39.9. The third kappa shape index (κ3) is 6.58. The zero-order valence-electron chi connectivity index (χ0n) is 30.6. The molecule has 0 atom stereocenters. The fourth-order valence-corrected chi connectivity index (χ4v) is 6.08. The summed E-state index contributed by atoms with van der Waals surface area (Å²) in [5, 5.41) is 0. The summed E-state index contributed by atoms with van der Waals surface area (Å²) >= 11 is 1.78. The van der Waals surface area contributed by atoms with E-state index in [1.807, 2.05) is 32.0 Å². The van der Waals surface area contributed by atoms with E-state index < -0.39 is 19.6 Å². The molecule has 0 fully saturated rings. The Morgan fingerprint density at radius 2 is 1.47 bits per heavy atom. The summed E-state index contributed by atoms with van der Waals surface area (Å²) in [6.07, 6.45) is 2.92. The molecular formula is C39H32IrN2S-2. The van der Waals surface area contributed by atoms with E-state index in [0.29, 0.717) is 11.3 Å². The van der Waals surface area contributed by atoms with E-state index >= 15 is 0 Å². The van der Waals surface area contributed by atoms with Crippen molar-refractivity contribution in [3.05, 3.63) is 144 Å². The second-order valence-corrected chi connectivity index (χ2v) is 11.1. The van der Waals surface area contributed by atoms with Gasteiger partial charge in [-0.05, 0) is 65.4 Å². The molecule has 43 heavy (non-hydrogen) atoms. The molecule has 1 aliphatic heterocycles. The van der Waals surface area contributed by atoms with E-state index in [1.165, 1.54) is 33.2 Å². The zero-order valence-corrected chi connectivity index (χ0v) is 26.8. The number of aromatic nitrogens is 2. The van der Waals surface area contributed by atoms with Gasteiger partial charge in [-0.25, -0.2) is 0 Å². The van der Waals surface area contributed by atoms with Crippen molar-refractivity contribution < 1.29 is 29.7 Å². The van der Waals surface area contributed by atoms with Gasteiger partial charge in [-0.15, -0.1) is 71.4 Å². The van der Waals surface area contributed by atoms with Crippen molar-refractivity contribution in [3.63, 3.8) is 0 Å². The largest absolute Gasteiger partial charge is 0.305 e. The molecule has 0 saturated carbocycles. The van der Waals surface area contributed by atoms with Crippen LogP contribution in [-0.4, -0.2) is 9.97 Å². The molecule has 0 spiro atoms. The molecule has 0 unspecified atom stereocenters. The Kier molecular flexibility index (Phi) is 7.20. The van der Waals surface area contributed by atoms with Crippen LogP contribution >= 0.6 is 11.8 Å². The van der Waals surface area contributed by atoms with Crippen LogP contribution in [0.15, 0.2) is 125 Å². The normalized spacial score (nSPS) is 14.4. The van der Waals surface area contributed by atoms with Crippen molar-refractivity contribution in [2.45, 2.75) is 43.2 Å². The third-order valence-electron chi connectivity index (χ3n) is 7.04. The fraction of sp³-hybridized carbons (Fsp3) is 0.128. The van der Waals surface area contributed by atoms with Crippen molar-refractivity contribution in [2.24, 2.45) is 0 Å². The van der Waals surface area contributed by atoms with E-state index in [9.17, 15) is 0 Å². The minimum atomic E-state index is -2.50. The Morgan fingerprint density at radius 3 is 2.21 bits per heavy atom. The molecule has 1 aliphatic rings. The van der Waals surface area contributed by atoms with Gasteiger partial charge in [0, 0.05) is 47.0 Å². The molecule has 0 N–H and O–H groups in total. The molecule has 215 valence electrons. The quantitative estimate of drug-likeness (QED) is 0.168. The topological polar surface area (TPSA) is 25.8 Å². The zero-order chi connectivity index (χ0) is 35.0. The van der Waals surface area contributed by atoms with E-state index in [1.54, 1.807) is 42.2 Å². The Hall–Kier alpha value is -3.82. The third-order valence-corrected chi connectivity index (χ3v) is 8.24. The first-order chi connectivity index (χ1) is 23.2. The molecule has 2 aromatic heterocycles. The Morgan fingerprint density at radius 1 is 0.721 bits per heavy atom. The fourth-order valence-electron chi connectivity index (χ4n) is 4.87. The molecule has 0 aliphatic carbocycles. The molecule has 3 heterocycles. The van der Waals surface area contributed by atoms with Gasteiger partial charge in [0.05, 0.1) is 0 Å². The van der Waals surface area contributed by atoms with Gasteiger partial charge < -0.3 is 9.97 Å². The molecule has 1 radical (unpaired) electrons. The smallest absolute Gasteiger partial charge is 0.0346 e. The summed E-state index contributed by atoms with van der Waals surface area (Å²) in [5.41, 5.74) is 8.32. The summed E-state index contributed by atoms with van der Waals surface area (Å²) in [4.78, 5) is 11.1. The first-order valence-corrected chi connectivity index (χ1v) is 14.4. The Balaban J connectivity index is 0.000000204. The van der Waals surface area contributed by atoms with Crippen LogP contribution in [0.25, 0.3) is 44.8 Å². The number of hydrogen-bond acceptors (Lipinski definition) is 3. The average Bonchev–Trinajstić information content (AvgIpc) is 3.22. The average molecular weight is 760 g/mol. The summed E-state index contributed by atoms with van der Waals surface area (Å²) < 4.78 is 53.1. The van der Waals surface area contributed by atoms with Crippen LogP contribution in [0, 0.1) is 25.8 Å². The number of nitrogens with zero attached hydrogens (tertiary/aromatic N) is 2. The molecule has 7 rings (SSSR count). The second-order valence-electron chi connectivity index (χ2n) is 10.1. The van der Waals surface area contributed by atoms with Crippen LogP contribution in [0.1, 0.15) is 46.0 Å². The van der Waals surface area contributed by atoms with Crippen LogP contribution in [0.3, 0.4) is 0 Å². The summed E-state index contributed by atoms with van der Waals surface area (Å²) in [6.45, 7) is -1.20. The Labute approximate surface area is 282 Å². The second kappa shape index (κ2) is 13.7. The SMILES string of the molecule is [2H]C(C)(C)c1ccnc(-c2[c-]ccc3c2Sc2ccccc2-c2ccccc2-3)c1.[2H]C([2H])([2H])c1cnc(-c2[c-]cccc2)cc1C([2H])([2H])[2H].[Ir]. The van der Waals surface area contributed by atoms with Crippen molar-refractivity contribution in [1.29, 1.82) is 0 Å². The molecule has 0 bridgehead atoms. The molecular weight excluding hydrogens is 721 g/mol. The van der Waals surface area contributed by atoms with Gasteiger partial charge in [0.15, 0.2) is 0 Å². The van der Waals surface area contributed by atoms with E-state index in [2.05, 4.69) is 76.7 Å². The number of benzene rings is 4. The summed E-state index contributed by atoms with van der Waals surface area (Å²) in [5.74, 6) is -0.671. The summed E-state index contributed by atoms with van der Waals surface area (Å²) in [7, 11) is 0. The van der Waals surface area contributed by atoms with Gasteiger partial charge in [0.2, 0.25) is 0 Å². The van der Waals surface area contributed by atoms with Gasteiger partial charge in [-0.2, -0.15) is 0 Å². The van der Waals surface area contributed by atoms with Crippen molar-refractivity contribution >= 4 is 11.8 Å². The van der Waals surface area contributed by atoms with Crippen LogP contribution in [0.5, 0.6) is 0 Å². The van der Waals surface area contributed by atoms with Crippen molar-refractivity contribution in [1.82, 2.24) is 9.97 Å². The van der Waals surface area contributed by atoms with Crippen LogP contribution in [0.2, 0.25) is 0 Å². The van der Waals surface area contributed by atoms with Crippen molar-refractivity contribution in [3.8, 4) is 44.8 Å². The predicted molar refractivity (Wildman–Crippen MR) is 176 cm³/mol. The Bertz CT molecular complexity index is 2130. The standard InChI is InChI=1S/C26H20NS.C13H12N.Ir/c1-17(2)18-14-15-27-24(16-18)23-12-7-11-22-20-9-4-3-8-19(20)21-10-5-6-13-25(21)28-26(22)23;1-10-8-13(14-9-11(10)2)12-6-4-3-5-7-12;/h3-11,13-17H,1-2H3;3-6,8-9H,1-2H3;/q2*-1;/i17D;1D3,2D3;. The number of pyridine rings is 2. The van der Waals surface area contributed by atoms with E-state index in [-0.39, 0.29) is 31.2 Å². The van der Waals surface area contributed by atoms with Crippen LogP contribution in [-0.2, 0) is 20.1 Å². The van der Waals surface area contributed by atoms with Crippen LogP contribution < -0.4 is 0 Å². The first-order valence-electron chi connectivity index (χ1n) is 17.1. The van der Waals surface area contributed by atoms with Crippen molar-refractivity contribution in [2.75, 3.05) is 0 Å². The number of fused-ring (bicyclic) bond motifs is 5. The molecule has 0 saturated heterocycles. The first kappa shape index (κ1) is 22.7. The van der Waals surface area contributed by atoms with Gasteiger partial charge in [-0.1, -0.05) is 90.0 Å². The molecule has 6 aromatic rings. The predicted octanol–water partition coefficient (Wildman–Crippen LogP) is 10.6. The molecule has 2 nitrogen and oxygen atoms in total.